The van der Waals surface area contributed by atoms with Crippen LogP contribution in [0.1, 0.15) is 115 Å². The zero-order chi connectivity index (χ0) is 22.5. The minimum Gasteiger partial charge on any atom is -0.662 e. The van der Waals surface area contributed by atoms with Crippen molar-refractivity contribution in [2.75, 3.05) is 19.6 Å². The van der Waals surface area contributed by atoms with Crippen molar-refractivity contribution in [1.29, 1.82) is 0 Å². The van der Waals surface area contributed by atoms with Crippen molar-refractivity contribution in [3.05, 3.63) is 10.6 Å². The molecular weight excluding hydrogens is 428 g/mol. The molecule has 0 N–H and O–H groups in total. The maximum atomic E-state index is 4.51. The van der Waals surface area contributed by atoms with Crippen LogP contribution in [0.3, 0.4) is 0 Å². The minimum absolute atomic E-state index is 0.108. The first-order valence-electron chi connectivity index (χ1n) is 11.3. The van der Waals surface area contributed by atoms with Gasteiger partial charge in [0, 0.05) is 0 Å². The van der Waals surface area contributed by atoms with E-state index in [9.17, 15) is 0 Å². The smallest absolute Gasteiger partial charge is 0.0578 e. The molecule has 0 amide bonds. The van der Waals surface area contributed by atoms with Crippen LogP contribution in [0.15, 0.2) is 6.99 Å². The Balaban J connectivity index is -0.000000340. The summed E-state index contributed by atoms with van der Waals surface area (Å²) in [5.41, 5.74) is 0.216. The molecule has 170 valence electrons. The molecule has 0 aromatic rings. The second-order valence-electron chi connectivity index (χ2n) is 9.15. The Labute approximate surface area is 187 Å². The number of rotatable bonds is 10. The number of hydrogen-bond donors (Lipinski definition) is 0. The molecule has 0 aliphatic rings. The first-order valence-corrected chi connectivity index (χ1v) is 13.1. The van der Waals surface area contributed by atoms with E-state index in [-0.39, 0.29) is 11.1 Å². The summed E-state index contributed by atoms with van der Waals surface area (Å²) in [6.07, 6.45) is 7.44. The maximum Gasteiger partial charge on any atom is -0.0578 e. The Morgan fingerprint density at radius 1 is 0.714 bits per heavy atom. The Morgan fingerprint density at radius 2 is 1.18 bits per heavy atom. The molecule has 5 heteroatoms. The molecule has 0 bridgehead atoms. The van der Waals surface area contributed by atoms with Crippen LogP contribution < -0.4 is 0 Å². The van der Waals surface area contributed by atoms with Gasteiger partial charge >= 0.3 is 77.8 Å². The molecule has 0 aromatic heterocycles. The van der Waals surface area contributed by atoms with E-state index in [0.717, 1.165) is 19.6 Å². The summed E-state index contributed by atoms with van der Waals surface area (Å²) >= 11 is -0.473. The van der Waals surface area contributed by atoms with E-state index in [0.29, 0.717) is 6.04 Å². The van der Waals surface area contributed by atoms with Crippen LogP contribution in [0.2, 0.25) is 0 Å². The molecule has 0 radical (unpaired) electrons. The van der Waals surface area contributed by atoms with Gasteiger partial charge in [0.1, 0.15) is 0 Å². The van der Waals surface area contributed by atoms with E-state index in [2.05, 4.69) is 93.8 Å². The van der Waals surface area contributed by atoms with E-state index in [1.165, 1.54) is 38.5 Å². The molecule has 0 aromatic carbocycles. The van der Waals surface area contributed by atoms with Gasteiger partial charge < -0.3 is 10.6 Å². The zero-order valence-electron chi connectivity index (χ0n) is 21.1. The summed E-state index contributed by atoms with van der Waals surface area (Å²) in [6, 6.07) is 0.580. The second kappa shape index (κ2) is 21.9. The van der Waals surface area contributed by atoms with Gasteiger partial charge in [0.05, 0.1) is 0 Å². The van der Waals surface area contributed by atoms with Crippen LogP contribution in [0.25, 0.3) is 10.6 Å². The maximum absolute atomic E-state index is 4.51. The molecular formula is C23H52MoN4. The molecule has 0 aliphatic carbocycles. The summed E-state index contributed by atoms with van der Waals surface area (Å²) < 4.78 is 9.01. The van der Waals surface area contributed by atoms with Crippen molar-refractivity contribution < 1.29 is 18.2 Å². The van der Waals surface area contributed by atoms with Gasteiger partial charge in [0.15, 0.2) is 0 Å². The van der Waals surface area contributed by atoms with Gasteiger partial charge in [0.25, 0.3) is 0 Å². The van der Waals surface area contributed by atoms with Crippen LogP contribution in [0, 0.1) is 0 Å². The molecule has 0 fully saturated rings. The molecule has 0 heterocycles. The summed E-state index contributed by atoms with van der Waals surface area (Å²) in [5.74, 6) is 0. The first-order chi connectivity index (χ1) is 12.9. The summed E-state index contributed by atoms with van der Waals surface area (Å²) in [7, 11) is 0. The third-order valence-corrected chi connectivity index (χ3v) is 6.32. The molecule has 1 atom stereocenters. The van der Waals surface area contributed by atoms with Crippen molar-refractivity contribution in [1.82, 2.24) is 0 Å². The SMILES string of the molecule is CC(C)(C)[N]=[Mo+2]=[N]C(C)(C)C.CCCC[N-]C(C)CC.CCCC[N-]CCC. The molecule has 4 nitrogen and oxygen atoms in total. The van der Waals surface area contributed by atoms with Crippen molar-refractivity contribution in [2.24, 2.45) is 6.99 Å². The van der Waals surface area contributed by atoms with Crippen LogP contribution in [0.5, 0.6) is 0 Å². The summed E-state index contributed by atoms with van der Waals surface area (Å²) in [4.78, 5) is 0. The molecule has 0 saturated carbocycles. The Kier molecular flexibility index (Phi) is 25.7. The molecule has 0 rings (SSSR count). The zero-order valence-corrected chi connectivity index (χ0v) is 23.1. The molecule has 28 heavy (non-hydrogen) atoms. The topological polar surface area (TPSA) is 52.9 Å². The van der Waals surface area contributed by atoms with Gasteiger partial charge in [-0.05, 0) is 0 Å². The largest absolute Gasteiger partial charge is 0.662 e. The van der Waals surface area contributed by atoms with Gasteiger partial charge in [-0.3, -0.25) is 0 Å². The fraction of sp³-hybridized carbons (Fsp3) is 1.00. The average molecular weight is 481 g/mol. The summed E-state index contributed by atoms with van der Waals surface area (Å²) in [5, 5.41) is 8.71. The molecule has 0 saturated heterocycles. The van der Waals surface area contributed by atoms with Crippen LogP contribution >= 0.6 is 0 Å². The Morgan fingerprint density at radius 3 is 1.54 bits per heavy atom. The molecule has 1 unspecified atom stereocenters. The number of unbranched alkanes of at least 4 members (excludes halogenated alkanes) is 2. The van der Waals surface area contributed by atoms with E-state index >= 15 is 0 Å². The van der Waals surface area contributed by atoms with Crippen molar-refractivity contribution in [3.63, 3.8) is 0 Å². The van der Waals surface area contributed by atoms with Crippen molar-refractivity contribution in [2.45, 2.75) is 132 Å². The van der Waals surface area contributed by atoms with E-state index in [4.69, 9.17) is 0 Å². The summed E-state index contributed by atoms with van der Waals surface area (Å²) in [6.45, 7) is 26.8. The van der Waals surface area contributed by atoms with E-state index in [1.54, 1.807) is 0 Å². The Bertz CT molecular complexity index is 340. The van der Waals surface area contributed by atoms with E-state index in [1.807, 2.05) is 0 Å². The standard InChI is InChI=1S/C8H18N.C7H16N.2C4H9N.Mo/c1-4-6-7-9-8(3)5-2;1-3-5-7-8-6-4-2;2*1-4(2,3)5;/h8H,4-7H2,1-3H3;3-7H2,1-2H3;2*1-3H3;/q2*-1;;;+2. The van der Waals surface area contributed by atoms with Gasteiger partial charge in [-0.25, -0.2) is 0 Å². The minimum atomic E-state index is -0.473. The Hall–Kier alpha value is 0.208. The van der Waals surface area contributed by atoms with Gasteiger partial charge in [0.2, 0.25) is 0 Å². The monoisotopic (exact) mass is 482 g/mol. The van der Waals surface area contributed by atoms with Crippen molar-refractivity contribution in [3.8, 4) is 0 Å². The van der Waals surface area contributed by atoms with Crippen molar-refractivity contribution >= 4 is 0 Å². The van der Waals surface area contributed by atoms with E-state index < -0.39 is 18.2 Å². The molecule has 0 spiro atoms. The van der Waals surface area contributed by atoms with Gasteiger partial charge in [-0.1, -0.05) is 73.1 Å². The number of hydrogen-bond acceptors (Lipinski definition) is 2. The van der Waals surface area contributed by atoms with Crippen LogP contribution in [-0.2, 0) is 18.2 Å². The molecule has 0 aliphatic heterocycles. The van der Waals surface area contributed by atoms with Gasteiger partial charge in [-0.2, -0.15) is 0 Å². The predicted molar refractivity (Wildman–Crippen MR) is 126 cm³/mol. The third-order valence-electron chi connectivity index (χ3n) is 3.22. The van der Waals surface area contributed by atoms with Gasteiger partial charge in [-0.15, -0.1) is 25.7 Å². The van der Waals surface area contributed by atoms with Crippen LogP contribution in [-0.4, -0.2) is 36.8 Å². The second-order valence-corrected chi connectivity index (χ2v) is 10.4. The fourth-order valence-corrected chi connectivity index (χ4v) is 2.71. The first kappa shape index (κ1) is 32.9. The normalized spacial score (nSPS) is 12.0. The fourth-order valence-electron chi connectivity index (χ4n) is 1.40. The predicted octanol–water partition coefficient (Wildman–Crippen LogP) is 8.56. The van der Waals surface area contributed by atoms with Crippen LogP contribution in [0.4, 0.5) is 0 Å². The number of nitrogens with zero attached hydrogens (tertiary/aromatic N) is 4. The third kappa shape index (κ3) is 40.8. The quantitative estimate of drug-likeness (QED) is 0.222. The average Bonchev–Trinajstić information content (AvgIpc) is 2.57.